The summed E-state index contributed by atoms with van der Waals surface area (Å²) in [7, 11) is 1.99. The molecular formula is C15H24FNO. The Morgan fingerprint density at radius 1 is 1.17 bits per heavy atom. The van der Waals surface area contributed by atoms with E-state index in [0.717, 1.165) is 5.69 Å². The van der Waals surface area contributed by atoms with Crippen LogP contribution in [0.25, 0.3) is 0 Å². The molecule has 0 spiro atoms. The van der Waals surface area contributed by atoms with Crippen molar-refractivity contribution in [3.05, 3.63) is 29.1 Å². The van der Waals surface area contributed by atoms with E-state index in [4.69, 9.17) is 0 Å². The van der Waals surface area contributed by atoms with Crippen molar-refractivity contribution in [1.82, 2.24) is 0 Å². The Bertz CT molecular complexity index is 415. The number of aliphatic hydroxyl groups is 1. The normalized spacial score (nSPS) is 14.7. The molecule has 1 aromatic rings. The van der Waals surface area contributed by atoms with Crippen LogP contribution in [-0.4, -0.2) is 18.2 Å². The minimum Gasteiger partial charge on any atom is -0.389 e. The maximum absolute atomic E-state index is 13.6. The van der Waals surface area contributed by atoms with E-state index in [-0.39, 0.29) is 5.82 Å². The lowest BCUT2D eigenvalue weighted by Crippen LogP contribution is -2.34. The Morgan fingerprint density at radius 3 is 2.17 bits per heavy atom. The fraction of sp³-hybridized carbons (Fsp3) is 0.600. The molecule has 102 valence electrons. The highest BCUT2D eigenvalue weighted by Gasteiger charge is 2.19. The molecule has 1 unspecified atom stereocenters. The molecule has 0 aliphatic rings. The van der Waals surface area contributed by atoms with Crippen molar-refractivity contribution >= 4 is 5.69 Å². The van der Waals surface area contributed by atoms with Gasteiger partial charge in [0, 0.05) is 24.3 Å². The molecule has 0 fully saturated rings. The summed E-state index contributed by atoms with van der Waals surface area (Å²) in [4.78, 5) is 2.11. The van der Waals surface area contributed by atoms with Gasteiger partial charge in [-0.1, -0.05) is 13.8 Å². The molecule has 2 nitrogen and oxygen atoms in total. The number of aryl methyl sites for hydroxylation is 1. The van der Waals surface area contributed by atoms with Gasteiger partial charge in [0.2, 0.25) is 0 Å². The molecule has 0 aliphatic heterocycles. The first-order valence-corrected chi connectivity index (χ1v) is 6.46. The molecule has 18 heavy (non-hydrogen) atoms. The molecule has 0 amide bonds. The molecule has 0 saturated carbocycles. The van der Waals surface area contributed by atoms with E-state index in [2.05, 4.69) is 25.7 Å². The average Bonchev–Trinajstić information content (AvgIpc) is 2.29. The van der Waals surface area contributed by atoms with Gasteiger partial charge in [-0.2, -0.15) is 0 Å². The Hall–Kier alpha value is -1.09. The Kier molecular flexibility index (Phi) is 4.74. The zero-order chi connectivity index (χ0) is 14.0. The molecular weight excluding hydrogens is 229 g/mol. The first-order chi connectivity index (χ1) is 8.25. The molecule has 1 rings (SSSR count). The van der Waals surface area contributed by atoms with Gasteiger partial charge in [0.05, 0.1) is 6.10 Å². The van der Waals surface area contributed by atoms with E-state index < -0.39 is 6.10 Å². The monoisotopic (exact) mass is 253 g/mol. The van der Waals surface area contributed by atoms with Gasteiger partial charge in [0.1, 0.15) is 5.82 Å². The quantitative estimate of drug-likeness (QED) is 0.885. The van der Waals surface area contributed by atoms with Crippen molar-refractivity contribution in [3.63, 3.8) is 0 Å². The average molecular weight is 253 g/mol. The summed E-state index contributed by atoms with van der Waals surface area (Å²) >= 11 is 0. The Labute approximate surface area is 109 Å². The lowest BCUT2D eigenvalue weighted by atomic mass is 10.00. The van der Waals surface area contributed by atoms with Crippen LogP contribution in [0.4, 0.5) is 10.1 Å². The fourth-order valence-electron chi connectivity index (χ4n) is 1.99. The molecule has 1 N–H and O–H groups in total. The van der Waals surface area contributed by atoms with Crippen LogP contribution in [0.3, 0.4) is 0 Å². The van der Waals surface area contributed by atoms with E-state index >= 15 is 0 Å². The van der Waals surface area contributed by atoms with Gasteiger partial charge in [-0.15, -0.1) is 0 Å². The van der Waals surface area contributed by atoms with Gasteiger partial charge in [-0.25, -0.2) is 4.39 Å². The first-order valence-electron chi connectivity index (χ1n) is 6.46. The Morgan fingerprint density at radius 2 is 1.72 bits per heavy atom. The molecule has 0 radical (unpaired) electrons. The van der Waals surface area contributed by atoms with E-state index in [9.17, 15) is 9.50 Å². The number of aliphatic hydroxyl groups excluding tert-OH is 1. The summed E-state index contributed by atoms with van der Waals surface area (Å²) in [5.74, 6) is 0.224. The number of nitrogens with zero attached hydrogens (tertiary/aromatic N) is 1. The maximum atomic E-state index is 13.6. The molecule has 1 aromatic carbocycles. The zero-order valence-corrected chi connectivity index (χ0v) is 12.2. The van der Waals surface area contributed by atoms with Crippen LogP contribution in [0.2, 0.25) is 0 Å². The van der Waals surface area contributed by atoms with Gasteiger partial charge in [-0.3, -0.25) is 0 Å². The molecule has 0 aromatic heterocycles. The largest absolute Gasteiger partial charge is 0.389 e. The summed E-state index contributed by atoms with van der Waals surface area (Å²) in [6.45, 7) is 9.86. The third kappa shape index (κ3) is 3.02. The van der Waals surface area contributed by atoms with Crippen LogP contribution in [0.1, 0.15) is 44.9 Å². The van der Waals surface area contributed by atoms with Crippen molar-refractivity contribution in [3.8, 4) is 0 Å². The number of hydrogen-bond acceptors (Lipinski definition) is 2. The van der Waals surface area contributed by atoms with Gasteiger partial charge in [0.25, 0.3) is 0 Å². The summed E-state index contributed by atoms with van der Waals surface area (Å²) < 4.78 is 13.6. The molecule has 3 heteroatoms. The van der Waals surface area contributed by atoms with Crippen molar-refractivity contribution in [2.75, 3.05) is 11.9 Å². The zero-order valence-electron chi connectivity index (χ0n) is 12.2. The second kappa shape index (κ2) is 5.70. The second-order valence-electron chi connectivity index (χ2n) is 5.43. The smallest absolute Gasteiger partial charge is 0.126 e. The summed E-state index contributed by atoms with van der Waals surface area (Å²) in [6, 6.07) is 3.59. The van der Waals surface area contributed by atoms with Crippen molar-refractivity contribution in [1.29, 1.82) is 0 Å². The highest BCUT2D eigenvalue weighted by Crippen LogP contribution is 2.30. The van der Waals surface area contributed by atoms with Crippen molar-refractivity contribution < 1.29 is 9.50 Å². The van der Waals surface area contributed by atoms with Crippen LogP contribution in [0.15, 0.2) is 12.1 Å². The third-order valence-electron chi connectivity index (χ3n) is 3.71. The van der Waals surface area contributed by atoms with E-state index in [1.54, 1.807) is 13.8 Å². The van der Waals surface area contributed by atoms with E-state index in [1.807, 2.05) is 13.1 Å². The highest BCUT2D eigenvalue weighted by molar-refractivity contribution is 5.57. The molecule has 2 atom stereocenters. The number of anilines is 1. The molecule has 0 aliphatic carbocycles. The van der Waals surface area contributed by atoms with Crippen LogP contribution in [-0.2, 0) is 0 Å². The van der Waals surface area contributed by atoms with Gasteiger partial charge in [-0.05, 0) is 44.4 Å². The summed E-state index contributed by atoms with van der Waals surface area (Å²) in [5.41, 5.74) is 2.16. The van der Waals surface area contributed by atoms with Gasteiger partial charge < -0.3 is 10.0 Å². The van der Waals surface area contributed by atoms with Crippen LogP contribution >= 0.6 is 0 Å². The number of halogens is 1. The first kappa shape index (κ1) is 15.0. The standard InChI is InChI=1S/C15H24FNO/c1-9(2)11(4)17(6)15-7-10(3)14(16)8-13(15)12(5)18/h7-9,11-12,18H,1-6H3/t11?,12-/m0/s1. The fourth-order valence-corrected chi connectivity index (χ4v) is 1.99. The van der Waals surface area contributed by atoms with E-state index in [0.29, 0.717) is 23.1 Å². The molecule has 0 bridgehead atoms. The van der Waals surface area contributed by atoms with Gasteiger partial charge >= 0.3 is 0 Å². The summed E-state index contributed by atoms with van der Waals surface area (Å²) in [6.07, 6.45) is -0.670. The Balaban J connectivity index is 3.25. The second-order valence-corrected chi connectivity index (χ2v) is 5.43. The topological polar surface area (TPSA) is 23.5 Å². The van der Waals surface area contributed by atoms with Crippen molar-refractivity contribution in [2.24, 2.45) is 5.92 Å². The number of rotatable bonds is 4. The van der Waals surface area contributed by atoms with Gasteiger partial charge in [0.15, 0.2) is 0 Å². The predicted octanol–water partition coefficient (Wildman–Crippen LogP) is 3.67. The minimum atomic E-state index is -0.670. The minimum absolute atomic E-state index is 0.264. The van der Waals surface area contributed by atoms with E-state index in [1.165, 1.54) is 6.07 Å². The summed E-state index contributed by atoms with van der Waals surface area (Å²) in [5, 5.41) is 9.80. The lowest BCUT2D eigenvalue weighted by Gasteiger charge is -2.32. The molecule has 0 saturated heterocycles. The third-order valence-corrected chi connectivity index (χ3v) is 3.71. The number of benzene rings is 1. The lowest BCUT2D eigenvalue weighted by molar-refractivity contribution is 0.199. The van der Waals surface area contributed by atoms with Crippen LogP contribution in [0, 0.1) is 18.7 Å². The van der Waals surface area contributed by atoms with Crippen LogP contribution < -0.4 is 4.90 Å². The van der Waals surface area contributed by atoms with Crippen molar-refractivity contribution in [2.45, 2.75) is 46.8 Å². The maximum Gasteiger partial charge on any atom is 0.126 e. The number of hydrogen-bond donors (Lipinski definition) is 1. The van der Waals surface area contributed by atoms with Crippen LogP contribution in [0.5, 0.6) is 0 Å². The molecule has 0 heterocycles. The highest BCUT2D eigenvalue weighted by atomic mass is 19.1. The predicted molar refractivity (Wildman–Crippen MR) is 74.5 cm³/mol. The SMILES string of the molecule is Cc1cc(N(C)C(C)C(C)C)c([C@H](C)O)cc1F.